The van der Waals surface area contributed by atoms with Crippen molar-refractivity contribution in [1.82, 2.24) is 4.90 Å². The van der Waals surface area contributed by atoms with Crippen LogP contribution >= 0.6 is 0 Å². The smallest absolute Gasteiger partial charge is 0.0311 e. The van der Waals surface area contributed by atoms with E-state index in [4.69, 9.17) is 0 Å². The van der Waals surface area contributed by atoms with E-state index in [0.717, 1.165) is 19.3 Å². The van der Waals surface area contributed by atoms with Crippen LogP contribution in [0, 0.1) is 0 Å². The summed E-state index contributed by atoms with van der Waals surface area (Å²) in [7, 11) is 0. The molecule has 1 nitrogen and oxygen atoms in total. The molecule has 0 N–H and O–H groups in total. The fourth-order valence-corrected chi connectivity index (χ4v) is 3.09. The molecule has 0 heterocycles. The van der Waals surface area contributed by atoms with Gasteiger partial charge in [0.25, 0.3) is 0 Å². The largest absolute Gasteiger partial charge is 0.283 e. The topological polar surface area (TPSA) is 3.24 Å². The molecule has 0 fully saturated rings. The standard InChI is InChI=1S/C18H33N/c1-10-16(13(4)5)19(17(11-2)14(6)7)18(12-3)15(8)9/h16-18H,4,6,8,10-12H2,1-3,5,7,9H3. The van der Waals surface area contributed by atoms with E-state index in [1.165, 1.54) is 16.7 Å². The highest BCUT2D eigenvalue weighted by Gasteiger charge is 2.31. The molecule has 0 rings (SSSR count). The van der Waals surface area contributed by atoms with Gasteiger partial charge >= 0.3 is 0 Å². The Morgan fingerprint density at radius 1 is 0.684 bits per heavy atom. The predicted molar refractivity (Wildman–Crippen MR) is 88.5 cm³/mol. The first kappa shape index (κ1) is 18.2. The molecule has 0 aromatic rings. The second-order valence-electron chi connectivity index (χ2n) is 5.76. The van der Waals surface area contributed by atoms with Gasteiger partial charge in [-0.2, -0.15) is 0 Å². The molecule has 0 saturated heterocycles. The Hall–Kier alpha value is -0.820. The molecular formula is C18H33N. The molecule has 0 amide bonds. The summed E-state index contributed by atoms with van der Waals surface area (Å²) in [6.07, 6.45) is 3.26. The molecule has 0 spiro atoms. The summed E-state index contributed by atoms with van der Waals surface area (Å²) in [5.41, 5.74) is 3.71. The molecule has 3 atom stereocenters. The Morgan fingerprint density at radius 3 is 1.00 bits per heavy atom. The van der Waals surface area contributed by atoms with Gasteiger partial charge in [-0.25, -0.2) is 0 Å². The van der Waals surface area contributed by atoms with Gasteiger partial charge in [0.05, 0.1) is 0 Å². The first-order valence-electron chi connectivity index (χ1n) is 7.55. The van der Waals surface area contributed by atoms with Crippen molar-refractivity contribution in [2.75, 3.05) is 0 Å². The fraction of sp³-hybridized carbons (Fsp3) is 0.667. The number of hydrogen-bond donors (Lipinski definition) is 0. The van der Waals surface area contributed by atoms with Gasteiger partial charge < -0.3 is 0 Å². The Balaban J connectivity index is 5.62. The molecule has 0 aromatic carbocycles. The highest BCUT2D eigenvalue weighted by atomic mass is 15.2. The van der Waals surface area contributed by atoms with E-state index in [2.05, 4.69) is 66.2 Å². The van der Waals surface area contributed by atoms with Gasteiger partial charge in [-0.05, 0) is 40.0 Å². The lowest BCUT2D eigenvalue weighted by Crippen LogP contribution is -2.50. The number of hydrogen-bond acceptors (Lipinski definition) is 1. The van der Waals surface area contributed by atoms with Crippen molar-refractivity contribution in [3.05, 3.63) is 36.5 Å². The molecule has 1 heteroatoms. The summed E-state index contributed by atoms with van der Waals surface area (Å²) in [6, 6.07) is 1.22. The third-order valence-electron chi connectivity index (χ3n) is 3.95. The van der Waals surface area contributed by atoms with Crippen LogP contribution in [-0.2, 0) is 0 Å². The third-order valence-corrected chi connectivity index (χ3v) is 3.95. The summed E-state index contributed by atoms with van der Waals surface area (Å²) in [4.78, 5) is 2.59. The summed E-state index contributed by atoms with van der Waals surface area (Å²) in [5.74, 6) is 0. The molecule has 3 unspecified atom stereocenters. The lowest BCUT2D eigenvalue weighted by molar-refractivity contribution is 0.122. The van der Waals surface area contributed by atoms with Crippen LogP contribution < -0.4 is 0 Å². The highest BCUT2D eigenvalue weighted by Crippen LogP contribution is 2.28. The molecule has 0 aliphatic heterocycles. The van der Waals surface area contributed by atoms with Gasteiger partial charge in [-0.15, -0.1) is 0 Å². The minimum absolute atomic E-state index is 0.406. The van der Waals surface area contributed by atoms with Crippen molar-refractivity contribution in [2.45, 2.75) is 78.9 Å². The maximum atomic E-state index is 4.20. The Morgan fingerprint density at radius 2 is 0.895 bits per heavy atom. The first-order chi connectivity index (χ1) is 8.81. The molecule has 0 saturated carbocycles. The second-order valence-corrected chi connectivity index (χ2v) is 5.76. The SMILES string of the molecule is C=C(C)C(CC)N(C(CC)C(=C)C)C(CC)C(=C)C. The predicted octanol–water partition coefficient (Wildman–Crippen LogP) is 5.35. The van der Waals surface area contributed by atoms with E-state index >= 15 is 0 Å². The Kier molecular flexibility index (Phi) is 8.01. The zero-order valence-corrected chi connectivity index (χ0v) is 13.9. The Labute approximate surface area is 121 Å². The molecule has 0 bridgehead atoms. The van der Waals surface area contributed by atoms with Gasteiger partial charge in [0.2, 0.25) is 0 Å². The molecule has 110 valence electrons. The van der Waals surface area contributed by atoms with E-state index < -0.39 is 0 Å². The average Bonchev–Trinajstić information content (AvgIpc) is 2.29. The Bertz CT molecular complexity index is 274. The van der Waals surface area contributed by atoms with E-state index in [1.54, 1.807) is 0 Å². The second kappa shape index (κ2) is 8.37. The maximum absolute atomic E-state index is 4.20. The quantitative estimate of drug-likeness (QED) is 0.507. The molecular weight excluding hydrogens is 230 g/mol. The zero-order valence-electron chi connectivity index (χ0n) is 13.9. The molecule has 0 radical (unpaired) electrons. The number of rotatable bonds is 9. The fourth-order valence-electron chi connectivity index (χ4n) is 3.09. The minimum Gasteiger partial charge on any atom is -0.283 e. The summed E-state index contributed by atoms with van der Waals surface area (Å²) in [5, 5.41) is 0. The third kappa shape index (κ3) is 4.65. The zero-order chi connectivity index (χ0) is 15.2. The minimum atomic E-state index is 0.406. The van der Waals surface area contributed by atoms with Gasteiger partial charge in [-0.1, -0.05) is 57.2 Å². The van der Waals surface area contributed by atoms with E-state index in [0.29, 0.717) is 18.1 Å². The van der Waals surface area contributed by atoms with Crippen molar-refractivity contribution >= 4 is 0 Å². The highest BCUT2D eigenvalue weighted by molar-refractivity contribution is 5.15. The first-order valence-corrected chi connectivity index (χ1v) is 7.55. The normalized spacial score (nSPS) is 15.9. The van der Waals surface area contributed by atoms with Crippen LogP contribution in [0.25, 0.3) is 0 Å². The summed E-state index contributed by atoms with van der Waals surface area (Å²) in [6.45, 7) is 25.7. The van der Waals surface area contributed by atoms with Crippen LogP contribution in [0.1, 0.15) is 60.8 Å². The molecule has 0 aliphatic carbocycles. The van der Waals surface area contributed by atoms with E-state index in [-0.39, 0.29) is 0 Å². The van der Waals surface area contributed by atoms with Gasteiger partial charge in [-0.3, -0.25) is 4.90 Å². The molecule has 0 aromatic heterocycles. The van der Waals surface area contributed by atoms with E-state index in [9.17, 15) is 0 Å². The van der Waals surface area contributed by atoms with Gasteiger partial charge in [0.1, 0.15) is 0 Å². The average molecular weight is 263 g/mol. The van der Waals surface area contributed by atoms with Gasteiger partial charge in [0.15, 0.2) is 0 Å². The van der Waals surface area contributed by atoms with Crippen LogP contribution in [-0.4, -0.2) is 23.0 Å². The monoisotopic (exact) mass is 263 g/mol. The van der Waals surface area contributed by atoms with Crippen LogP contribution in [0.3, 0.4) is 0 Å². The van der Waals surface area contributed by atoms with Crippen LogP contribution in [0.4, 0.5) is 0 Å². The van der Waals surface area contributed by atoms with Crippen molar-refractivity contribution in [1.29, 1.82) is 0 Å². The molecule has 19 heavy (non-hydrogen) atoms. The van der Waals surface area contributed by atoms with Crippen molar-refractivity contribution < 1.29 is 0 Å². The van der Waals surface area contributed by atoms with Crippen molar-refractivity contribution in [3.8, 4) is 0 Å². The lowest BCUT2D eigenvalue weighted by Gasteiger charge is -2.44. The summed E-state index contributed by atoms with van der Waals surface area (Å²) < 4.78 is 0. The molecule has 0 aliphatic rings. The maximum Gasteiger partial charge on any atom is 0.0311 e. The lowest BCUT2D eigenvalue weighted by atomic mass is 9.93. The van der Waals surface area contributed by atoms with E-state index in [1.807, 2.05) is 0 Å². The van der Waals surface area contributed by atoms with Gasteiger partial charge in [0, 0.05) is 18.1 Å². The number of nitrogens with zero attached hydrogens (tertiary/aromatic N) is 1. The van der Waals surface area contributed by atoms with Crippen molar-refractivity contribution in [3.63, 3.8) is 0 Å². The summed E-state index contributed by atoms with van der Waals surface area (Å²) >= 11 is 0. The van der Waals surface area contributed by atoms with Crippen molar-refractivity contribution in [2.24, 2.45) is 0 Å². The van der Waals surface area contributed by atoms with Crippen LogP contribution in [0.15, 0.2) is 36.5 Å². The van der Waals surface area contributed by atoms with Crippen LogP contribution in [0.2, 0.25) is 0 Å². The van der Waals surface area contributed by atoms with Crippen LogP contribution in [0.5, 0.6) is 0 Å².